The molecule has 0 saturated carbocycles. The summed E-state index contributed by atoms with van der Waals surface area (Å²) in [7, 11) is 1.63. The second kappa shape index (κ2) is 40.9. The summed E-state index contributed by atoms with van der Waals surface area (Å²) < 4.78 is 23.7. The van der Waals surface area contributed by atoms with E-state index in [2.05, 4.69) is 19.2 Å². The molecule has 0 spiro atoms. The number of nitrogens with zero attached hydrogens (tertiary/aromatic N) is 1. The third-order valence-corrected chi connectivity index (χ3v) is 12.6. The fourth-order valence-corrected chi connectivity index (χ4v) is 8.37. The number of hydrogen-bond donors (Lipinski definition) is 3. The van der Waals surface area contributed by atoms with E-state index >= 15 is 0 Å². The quantitative estimate of drug-likeness (QED) is 0.0321. The van der Waals surface area contributed by atoms with Crippen LogP contribution in [0.5, 0.6) is 0 Å². The predicted molar refractivity (Wildman–Crippen MR) is 245 cm³/mol. The molecule has 0 radical (unpaired) electrons. The molecule has 57 heavy (non-hydrogen) atoms. The van der Waals surface area contributed by atoms with Gasteiger partial charge in [0.2, 0.25) is 5.91 Å². The molecule has 0 saturated heterocycles. The molecule has 3 atom stereocenters. The zero-order valence-electron chi connectivity index (χ0n) is 38.9. The first-order chi connectivity index (χ1) is 27.5. The van der Waals surface area contributed by atoms with Crippen LogP contribution in [0.15, 0.2) is 0 Å². The maximum absolute atomic E-state index is 12.9. The lowest BCUT2D eigenvalue weighted by Gasteiger charge is -2.26. The zero-order chi connectivity index (χ0) is 42.1. The minimum Gasteiger partial charge on any atom is -0.391 e. The average molecular weight is 832 g/mol. The molecule has 0 fully saturated rings. The Labute approximate surface area is 355 Å². The van der Waals surface area contributed by atoms with Crippen LogP contribution in [0.3, 0.4) is 0 Å². The Morgan fingerprint density at radius 2 is 0.842 bits per heavy atom. The van der Waals surface area contributed by atoms with E-state index in [0.29, 0.717) is 23.9 Å². The third kappa shape index (κ3) is 43.4. The van der Waals surface area contributed by atoms with E-state index in [-0.39, 0.29) is 19.1 Å². The molecule has 0 aliphatic carbocycles. The number of aliphatic hydroxyl groups is 1. The van der Waals surface area contributed by atoms with Gasteiger partial charge in [-0.05, 0) is 12.8 Å². The predicted octanol–water partition coefficient (Wildman–Crippen LogP) is 14.1. The molecule has 0 heterocycles. The Morgan fingerprint density at radius 3 is 1.18 bits per heavy atom. The lowest BCUT2D eigenvalue weighted by atomic mass is 10.0. The van der Waals surface area contributed by atoms with Crippen molar-refractivity contribution in [3.05, 3.63) is 0 Å². The molecular weight excluding hydrogens is 732 g/mol. The van der Waals surface area contributed by atoms with Crippen LogP contribution in [0.2, 0.25) is 0 Å². The van der Waals surface area contributed by atoms with E-state index < -0.39 is 20.0 Å². The number of quaternary nitrogens is 1. The Morgan fingerprint density at radius 1 is 0.526 bits per heavy atom. The molecule has 0 bridgehead atoms. The smallest absolute Gasteiger partial charge is 0.391 e. The van der Waals surface area contributed by atoms with Crippen LogP contribution in [0.25, 0.3) is 0 Å². The molecule has 9 heteroatoms. The summed E-state index contributed by atoms with van der Waals surface area (Å²) in [6, 6.07) is -0.753. The molecule has 8 nitrogen and oxygen atoms in total. The van der Waals surface area contributed by atoms with Gasteiger partial charge in [0.25, 0.3) is 0 Å². The number of carbonyl (C=O) groups excluding carboxylic acids is 1. The van der Waals surface area contributed by atoms with Crippen molar-refractivity contribution in [3.8, 4) is 0 Å². The van der Waals surface area contributed by atoms with Gasteiger partial charge in [-0.15, -0.1) is 0 Å². The van der Waals surface area contributed by atoms with Crippen molar-refractivity contribution in [1.29, 1.82) is 0 Å². The van der Waals surface area contributed by atoms with Gasteiger partial charge in [0.15, 0.2) is 0 Å². The van der Waals surface area contributed by atoms with E-state index in [4.69, 9.17) is 9.05 Å². The van der Waals surface area contributed by atoms with Crippen molar-refractivity contribution in [2.45, 2.75) is 264 Å². The fraction of sp³-hybridized carbons (Fsp3) is 0.979. The van der Waals surface area contributed by atoms with Gasteiger partial charge in [0, 0.05) is 6.42 Å². The second-order valence-corrected chi connectivity index (χ2v) is 20.0. The zero-order valence-corrected chi connectivity index (χ0v) is 39.8. The Bertz CT molecular complexity index is 901. The maximum atomic E-state index is 12.9. The summed E-state index contributed by atoms with van der Waals surface area (Å²) in [4.78, 5) is 23.2. The van der Waals surface area contributed by atoms with Gasteiger partial charge in [-0.3, -0.25) is 13.8 Å². The van der Waals surface area contributed by atoms with Gasteiger partial charge in [0.05, 0.1) is 39.9 Å². The number of rotatable bonds is 46. The molecule has 3 unspecified atom stereocenters. The highest BCUT2D eigenvalue weighted by atomic mass is 31.2. The van der Waals surface area contributed by atoms with Gasteiger partial charge in [-0.2, -0.15) is 0 Å². The van der Waals surface area contributed by atoms with E-state index in [1.54, 1.807) is 0 Å². The van der Waals surface area contributed by atoms with Crippen LogP contribution in [0.1, 0.15) is 251 Å². The molecule has 342 valence electrons. The molecule has 0 aromatic rings. The number of hydrogen-bond acceptors (Lipinski definition) is 5. The van der Waals surface area contributed by atoms with E-state index in [9.17, 15) is 19.4 Å². The van der Waals surface area contributed by atoms with Gasteiger partial charge < -0.3 is 19.8 Å². The van der Waals surface area contributed by atoms with Crippen LogP contribution in [-0.2, 0) is 18.4 Å². The lowest BCUT2D eigenvalue weighted by Crippen LogP contribution is -2.46. The van der Waals surface area contributed by atoms with Crippen molar-refractivity contribution < 1.29 is 32.9 Å². The van der Waals surface area contributed by atoms with Crippen LogP contribution in [0, 0.1) is 0 Å². The number of unbranched alkanes of at least 4 members (excludes halogenated alkanes) is 33. The summed E-state index contributed by atoms with van der Waals surface area (Å²) in [6.07, 6.45) is 45.5. The van der Waals surface area contributed by atoms with E-state index in [1.807, 2.05) is 21.1 Å². The maximum Gasteiger partial charge on any atom is 0.472 e. The highest BCUT2D eigenvalue weighted by Gasteiger charge is 2.28. The van der Waals surface area contributed by atoms with E-state index in [1.165, 1.54) is 186 Å². The van der Waals surface area contributed by atoms with Crippen molar-refractivity contribution in [2.24, 2.45) is 0 Å². The highest BCUT2D eigenvalue weighted by molar-refractivity contribution is 7.47. The number of amides is 1. The summed E-state index contributed by atoms with van der Waals surface area (Å²) in [5.41, 5.74) is 0. The highest BCUT2D eigenvalue weighted by Crippen LogP contribution is 2.43. The normalized spacial score (nSPS) is 14.2. The molecule has 0 aliphatic heterocycles. The standard InChI is InChI=1S/C48H99N2O6P/c1-6-8-10-12-14-16-18-20-22-24-26-27-29-31-33-35-37-39-41-47(51)46(45-56-57(53,54)55-44-43-50(3,4)5)49-48(52)42-40-38-36-34-32-30-28-25-23-21-19-17-15-13-11-9-7-2/h46-47,51H,6-45H2,1-5H3,(H-,49,52,53,54)/p+1. The van der Waals surface area contributed by atoms with Gasteiger partial charge >= 0.3 is 7.82 Å². The molecule has 0 aliphatic rings. The first-order valence-corrected chi connectivity index (χ1v) is 26.4. The number of carbonyl (C=O) groups is 1. The largest absolute Gasteiger partial charge is 0.472 e. The number of nitrogens with one attached hydrogen (secondary N) is 1. The van der Waals surface area contributed by atoms with Crippen molar-refractivity contribution in [1.82, 2.24) is 5.32 Å². The summed E-state index contributed by atoms with van der Waals surface area (Å²) in [5, 5.41) is 14.0. The summed E-state index contributed by atoms with van der Waals surface area (Å²) in [6.45, 7) is 4.93. The number of phosphoric acid groups is 1. The number of likely N-dealkylation sites (N-methyl/N-ethyl adjacent to an activating group) is 1. The minimum absolute atomic E-state index is 0.0788. The minimum atomic E-state index is -4.31. The Balaban J connectivity index is 4.25. The Kier molecular flexibility index (Phi) is 40.5. The molecule has 1 amide bonds. The van der Waals surface area contributed by atoms with Crippen LogP contribution < -0.4 is 5.32 Å². The van der Waals surface area contributed by atoms with Crippen LogP contribution >= 0.6 is 7.82 Å². The summed E-state index contributed by atoms with van der Waals surface area (Å²) in [5.74, 6) is -0.139. The lowest BCUT2D eigenvalue weighted by molar-refractivity contribution is -0.870. The molecule has 0 aromatic heterocycles. The second-order valence-electron chi connectivity index (χ2n) is 18.6. The van der Waals surface area contributed by atoms with Gasteiger partial charge in [-0.25, -0.2) is 4.57 Å². The molecule has 0 aromatic carbocycles. The third-order valence-electron chi connectivity index (χ3n) is 11.6. The van der Waals surface area contributed by atoms with Gasteiger partial charge in [-0.1, -0.05) is 232 Å². The molecule has 0 rings (SSSR count). The topological polar surface area (TPSA) is 105 Å². The van der Waals surface area contributed by atoms with Crippen molar-refractivity contribution in [3.63, 3.8) is 0 Å². The Hall–Kier alpha value is -0.500. The van der Waals surface area contributed by atoms with Gasteiger partial charge in [0.1, 0.15) is 13.2 Å². The number of aliphatic hydroxyl groups excluding tert-OH is 1. The first kappa shape index (κ1) is 56.5. The van der Waals surface area contributed by atoms with Crippen molar-refractivity contribution >= 4 is 13.7 Å². The molecular formula is C48H100N2O6P+. The van der Waals surface area contributed by atoms with Crippen molar-refractivity contribution in [2.75, 3.05) is 40.9 Å². The average Bonchev–Trinajstić information content (AvgIpc) is 3.16. The van der Waals surface area contributed by atoms with E-state index in [0.717, 1.165) is 38.5 Å². The fourth-order valence-electron chi connectivity index (χ4n) is 7.64. The summed E-state index contributed by atoms with van der Waals surface area (Å²) >= 11 is 0. The number of phosphoric ester groups is 1. The monoisotopic (exact) mass is 832 g/mol. The first-order valence-electron chi connectivity index (χ1n) is 24.9. The SMILES string of the molecule is CCCCCCCCCCCCCCCCCCCCC(O)C(COP(=O)(O)OCC[N+](C)(C)C)NC(=O)CCCCCCCCCCCCCCCCCCC. The van der Waals surface area contributed by atoms with Crippen LogP contribution in [0.4, 0.5) is 0 Å². The molecule has 3 N–H and O–H groups in total. The van der Waals surface area contributed by atoms with Crippen LogP contribution in [-0.4, -0.2) is 73.4 Å².